The maximum atomic E-state index is 13.7. The van der Waals surface area contributed by atoms with Gasteiger partial charge in [0, 0.05) is 50.9 Å². The molecule has 2 aromatic rings. The number of nitrogens with one attached hydrogen (secondary N) is 2. The number of rotatable bonds is 5. The number of halogens is 6. The number of piperidine rings is 2. The highest BCUT2D eigenvalue weighted by molar-refractivity contribution is 5.91. The van der Waals surface area contributed by atoms with Crippen LogP contribution in [-0.4, -0.2) is 77.5 Å². The van der Waals surface area contributed by atoms with Gasteiger partial charge in [-0.15, -0.1) is 0 Å². The fourth-order valence-electron chi connectivity index (χ4n) is 6.43. The molecule has 0 saturated carbocycles. The monoisotopic (exact) mass is 654 g/mol. The minimum atomic E-state index is -5.17. The number of nitrogen functional groups attached to an aromatic ring is 1. The lowest BCUT2D eigenvalue weighted by Crippen LogP contribution is -2.56. The Hall–Kier alpha value is -4.17. The summed E-state index contributed by atoms with van der Waals surface area (Å²) in [6, 6.07) is 6.07. The van der Waals surface area contributed by atoms with Crippen LogP contribution in [0.5, 0.6) is 0 Å². The second-order valence-electron chi connectivity index (χ2n) is 11.9. The molecule has 0 bridgehead atoms. The second kappa shape index (κ2) is 13.3. The van der Waals surface area contributed by atoms with Gasteiger partial charge >= 0.3 is 24.4 Å². The number of carbonyl (C=O) groups excluding carboxylic acids is 3. The predicted octanol–water partition coefficient (Wildman–Crippen LogP) is 5.49. The van der Waals surface area contributed by atoms with Crippen LogP contribution in [0.25, 0.3) is 0 Å². The number of alkyl halides is 6. The van der Waals surface area contributed by atoms with E-state index in [-0.39, 0.29) is 25.2 Å². The molecule has 250 valence electrons. The van der Waals surface area contributed by atoms with Crippen LogP contribution in [0.15, 0.2) is 36.4 Å². The number of fused-ring (bicyclic) bond motifs is 1. The molecule has 5 rings (SSSR count). The normalized spacial score (nSPS) is 18.8. The fourth-order valence-corrected chi connectivity index (χ4v) is 6.43. The van der Waals surface area contributed by atoms with Crippen molar-refractivity contribution in [2.75, 3.05) is 43.8 Å². The molecular formula is C31H36F6N6O3. The number of nitrogens with two attached hydrogens (primary N) is 1. The van der Waals surface area contributed by atoms with E-state index < -0.39 is 59.1 Å². The molecule has 1 atom stereocenters. The number of carbonyl (C=O) groups is 3. The van der Waals surface area contributed by atoms with Crippen molar-refractivity contribution in [3.63, 3.8) is 0 Å². The van der Waals surface area contributed by atoms with E-state index in [0.29, 0.717) is 63.9 Å². The Balaban J connectivity index is 1.30. The summed E-state index contributed by atoms with van der Waals surface area (Å²) < 4.78 is 82.1. The van der Waals surface area contributed by atoms with Gasteiger partial charge in [-0.1, -0.05) is 18.2 Å². The number of para-hydroxylation sites is 1. The Morgan fingerprint density at radius 3 is 2.11 bits per heavy atom. The first-order valence-corrected chi connectivity index (χ1v) is 15.3. The van der Waals surface area contributed by atoms with Crippen molar-refractivity contribution in [1.29, 1.82) is 0 Å². The molecule has 15 heteroatoms. The number of anilines is 2. The van der Waals surface area contributed by atoms with Crippen LogP contribution in [0, 0.1) is 0 Å². The van der Waals surface area contributed by atoms with Crippen LogP contribution in [0.4, 0.5) is 47.3 Å². The Bertz CT molecular complexity index is 1420. The highest BCUT2D eigenvalue weighted by atomic mass is 19.4. The molecule has 4 N–H and O–H groups in total. The smallest absolute Gasteiger partial charge is 0.398 e. The lowest BCUT2D eigenvalue weighted by Gasteiger charge is -2.38. The van der Waals surface area contributed by atoms with Gasteiger partial charge < -0.3 is 31.1 Å². The summed E-state index contributed by atoms with van der Waals surface area (Å²) in [4.78, 5) is 44.6. The molecule has 0 unspecified atom stereocenters. The minimum Gasteiger partial charge on any atom is -0.398 e. The van der Waals surface area contributed by atoms with Crippen LogP contribution >= 0.6 is 0 Å². The Morgan fingerprint density at radius 2 is 1.50 bits per heavy atom. The molecule has 0 radical (unpaired) electrons. The summed E-state index contributed by atoms with van der Waals surface area (Å²) in [7, 11) is 0. The maximum absolute atomic E-state index is 13.7. The molecule has 2 fully saturated rings. The summed E-state index contributed by atoms with van der Waals surface area (Å²) in [6.45, 7) is 1.68. The molecule has 46 heavy (non-hydrogen) atoms. The van der Waals surface area contributed by atoms with Crippen LogP contribution in [0.2, 0.25) is 0 Å². The number of hydrogen-bond donors (Lipinski definition) is 3. The third-order valence-corrected chi connectivity index (χ3v) is 8.89. The van der Waals surface area contributed by atoms with Crippen LogP contribution in [0.3, 0.4) is 0 Å². The SMILES string of the molecule is Nc1c(C(F)(F)F)cc(C[C@@H](NC(=O)N2CCC(N3CCc4ccccc4NC3=O)CC2)C(=O)N2CCCCC2)cc1C(F)(F)F. The molecule has 5 amide bonds. The first kappa shape index (κ1) is 33.2. The number of likely N-dealkylation sites (tertiary alicyclic amines) is 2. The van der Waals surface area contributed by atoms with Crippen molar-refractivity contribution in [3.8, 4) is 0 Å². The topological polar surface area (TPSA) is 111 Å². The Labute approximate surface area is 262 Å². The van der Waals surface area contributed by atoms with Gasteiger partial charge in [0.1, 0.15) is 6.04 Å². The van der Waals surface area contributed by atoms with Gasteiger partial charge in [0.15, 0.2) is 0 Å². The molecule has 0 aliphatic carbocycles. The summed E-state index contributed by atoms with van der Waals surface area (Å²) >= 11 is 0. The average Bonchev–Trinajstić information content (AvgIpc) is 3.18. The highest BCUT2D eigenvalue weighted by Gasteiger charge is 2.41. The van der Waals surface area contributed by atoms with Crippen molar-refractivity contribution in [3.05, 3.63) is 58.7 Å². The number of urea groups is 2. The van der Waals surface area contributed by atoms with Crippen molar-refractivity contribution < 1.29 is 40.7 Å². The lowest BCUT2D eigenvalue weighted by molar-refractivity contribution is -0.141. The molecular weight excluding hydrogens is 618 g/mol. The number of nitrogens with zero attached hydrogens (tertiary/aromatic N) is 3. The predicted molar refractivity (Wildman–Crippen MR) is 158 cm³/mol. The largest absolute Gasteiger partial charge is 0.418 e. The molecule has 3 aliphatic heterocycles. The first-order chi connectivity index (χ1) is 21.7. The lowest BCUT2D eigenvalue weighted by atomic mass is 9.96. The van der Waals surface area contributed by atoms with Gasteiger partial charge in [-0.3, -0.25) is 4.79 Å². The highest BCUT2D eigenvalue weighted by Crippen LogP contribution is 2.42. The standard InChI is InChI=1S/C31H36F6N6O3/c32-30(33,34)22-16-19(17-23(26(22)38)31(35,36)37)18-25(27(44)41-11-4-1-5-12-41)40-28(45)42-13-9-21(10-14-42)43-15-8-20-6-2-3-7-24(20)39-29(43)46/h2-3,6-7,16-17,21,25H,1,4-5,8-15,18,38H2,(H,39,46)(H,40,45)/t25-/m1/s1. The van der Waals surface area contributed by atoms with Crippen molar-refractivity contribution in [2.24, 2.45) is 0 Å². The van der Waals surface area contributed by atoms with E-state index in [0.717, 1.165) is 17.7 Å². The summed E-state index contributed by atoms with van der Waals surface area (Å²) in [6.07, 6.45) is -7.14. The Morgan fingerprint density at radius 1 is 0.891 bits per heavy atom. The molecule has 3 aliphatic rings. The summed E-state index contributed by atoms with van der Waals surface area (Å²) in [5, 5.41) is 5.53. The molecule has 3 heterocycles. The van der Waals surface area contributed by atoms with Gasteiger partial charge in [-0.05, 0) is 67.9 Å². The molecule has 0 spiro atoms. The van der Waals surface area contributed by atoms with E-state index in [4.69, 9.17) is 5.73 Å². The van der Waals surface area contributed by atoms with Crippen molar-refractivity contribution >= 4 is 29.3 Å². The van der Waals surface area contributed by atoms with E-state index in [1.807, 2.05) is 24.3 Å². The summed E-state index contributed by atoms with van der Waals surface area (Å²) in [5.74, 6) is -0.581. The molecule has 0 aromatic heterocycles. The van der Waals surface area contributed by atoms with E-state index in [2.05, 4.69) is 10.6 Å². The quantitative estimate of drug-likeness (QED) is 0.293. The number of benzene rings is 2. The van der Waals surface area contributed by atoms with E-state index >= 15 is 0 Å². The molecule has 2 saturated heterocycles. The van der Waals surface area contributed by atoms with Gasteiger partial charge in [-0.25, -0.2) is 9.59 Å². The van der Waals surface area contributed by atoms with Crippen LogP contribution < -0.4 is 16.4 Å². The minimum absolute atomic E-state index is 0.152. The van der Waals surface area contributed by atoms with Gasteiger partial charge in [0.05, 0.1) is 16.8 Å². The van der Waals surface area contributed by atoms with Crippen molar-refractivity contribution in [2.45, 2.75) is 69.4 Å². The molecule has 9 nitrogen and oxygen atoms in total. The maximum Gasteiger partial charge on any atom is 0.418 e. The van der Waals surface area contributed by atoms with E-state index in [1.54, 1.807) is 4.90 Å². The zero-order valence-corrected chi connectivity index (χ0v) is 25.0. The zero-order valence-electron chi connectivity index (χ0n) is 25.0. The van der Waals surface area contributed by atoms with E-state index in [1.165, 1.54) is 9.80 Å². The molecule has 2 aromatic carbocycles. The van der Waals surface area contributed by atoms with Crippen LogP contribution in [0.1, 0.15) is 54.4 Å². The van der Waals surface area contributed by atoms with Gasteiger partial charge in [0.2, 0.25) is 5.91 Å². The second-order valence-corrected chi connectivity index (χ2v) is 11.9. The number of hydrogen-bond acceptors (Lipinski definition) is 4. The zero-order chi connectivity index (χ0) is 33.2. The van der Waals surface area contributed by atoms with E-state index in [9.17, 15) is 40.7 Å². The average molecular weight is 655 g/mol. The van der Waals surface area contributed by atoms with Crippen molar-refractivity contribution in [1.82, 2.24) is 20.0 Å². The van der Waals surface area contributed by atoms with Crippen LogP contribution in [-0.2, 0) is 30.0 Å². The van der Waals surface area contributed by atoms with Gasteiger partial charge in [-0.2, -0.15) is 26.3 Å². The fraction of sp³-hybridized carbons (Fsp3) is 0.516. The number of amides is 5. The third kappa shape index (κ3) is 7.44. The first-order valence-electron chi connectivity index (χ1n) is 15.3. The summed E-state index contributed by atoms with van der Waals surface area (Å²) in [5.41, 5.74) is 1.87. The third-order valence-electron chi connectivity index (χ3n) is 8.89. The van der Waals surface area contributed by atoms with Gasteiger partial charge in [0.25, 0.3) is 0 Å². The Kier molecular flexibility index (Phi) is 9.59.